The predicted octanol–water partition coefficient (Wildman–Crippen LogP) is 0.785. The number of hydrogen-bond acceptors (Lipinski definition) is 3. The Morgan fingerprint density at radius 1 is 1.73 bits per heavy atom. The van der Waals surface area contributed by atoms with E-state index in [9.17, 15) is 4.79 Å². The first-order valence-corrected chi connectivity index (χ1v) is 4.96. The molecule has 1 aromatic heterocycles. The molecule has 82 valence electrons. The molecule has 0 aromatic carbocycles. The molecule has 2 rings (SSSR count). The van der Waals surface area contributed by atoms with Gasteiger partial charge in [0.05, 0.1) is 18.2 Å². The zero-order valence-corrected chi connectivity index (χ0v) is 8.99. The van der Waals surface area contributed by atoms with Crippen molar-refractivity contribution < 1.29 is 9.53 Å². The van der Waals surface area contributed by atoms with E-state index >= 15 is 0 Å². The van der Waals surface area contributed by atoms with E-state index in [1.807, 2.05) is 0 Å². The molecule has 1 amide bonds. The van der Waals surface area contributed by atoms with Crippen molar-refractivity contribution in [1.82, 2.24) is 9.78 Å². The Kier molecular flexibility index (Phi) is 2.48. The smallest absolute Gasteiger partial charge is 0.234 e. The molecule has 1 aliphatic carbocycles. The molecule has 1 heterocycles. The third-order valence-electron chi connectivity index (χ3n) is 2.82. The lowest BCUT2D eigenvalue weighted by molar-refractivity contribution is -0.123. The number of aromatic nitrogens is 2. The number of carbonyl (C=O) groups is 1. The van der Waals surface area contributed by atoms with Gasteiger partial charge in [0.15, 0.2) is 0 Å². The van der Waals surface area contributed by atoms with Crippen molar-refractivity contribution in [3.8, 4) is 0 Å². The van der Waals surface area contributed by atoms with Gasteiger partial charge in [-0.15, -0.1) is 0 Å². The van der Waals surface area contributed by atoms with Crippen molar-refractivity contribution in [2.24, 2.45) is 12.5 Å². The summed E-state index contributed by atoms with van der Waals surface area (Å²) in [7, 11) is 3.42. The van der Waals surface area contributed by atoms with Crippen molar-refractivity contribution in [3.63, 3.8) is 0 Å². The molecule has 5 nitrogen and oxygen atoms in total. The Morgan fingerprint density at radius 3 is 2.93 bits per heavy atom. The first kappa shape index (κ1) is 10.2. The van der Waals surface area contributed by atoms with Crippen molar-refractivity contribution in [1.29, 1.82) is 0 Å². The summed E-state index contributed by atoms with van der Waals surface area (Å²) in [5, 5.41) is 6.85. The molecule has 0 bridgehead atoms. The summed E-state index contributed by atoms with van der Waals surface area (Å²) in [6.45, 7) is 0.497. The molecule has 15 heavy (non-hydrogen) atoms. The third kappa shape index (κ3) is 1.87. The predicted molar refractivity (Wildman–Crippen MR) is 55.4 cm³/mol. The molecule has 0 atom stereocenters. The largest absolute Gasteiger partial charge is 0.384 e. The highest BCUT2D eigenvalue weighted by Crippen LogP contribution is 2.46. The number of nitrogens with zero attached hydrogens (tertiary/aromatic N) is 2. The van der Waals surface area contributed by atoms with Crippen LogP contribution in [0.5, 0.6) is 0 Å². The maximum absolute atomic E-state index is 11.9. The van der Waals surface area contributed by atoms with Crippen LogP contribution < -0.4 is 5.32 Å². The van der Waals surface area contributed by atoms with E-state index in [2.05, 4.69) is 10.4 Å². The van der Waals surface area contributed by atoms with Gasteiger partial charge in [-0.1, -0.05) is 0 Å². The molecule has 0 aliphatic heterocycles. The monoisotopic (exact) mass is 209 g/mol. The van der Waals surface area contributed by atoms with Gasteiger partial charge in [0.1, 0.15) is 5.82 Å². The quantitative estimate of drug-likeness (QED) is 0.797. The van der Waals surface area contributed by atoms with E-state index in [4.69, 9.17) is 4.74 Å². The number of rotatable bonds is 4. The van der Waals surface area contributed by atoms with Gasteiger partial charge in [-0.3, -0.25) is 9.48 Å². The van der Waals surface area contributed by atoms with E-state index in [1.165, 1.54) is 0 Å². The highest BCUT2D eigenvalue weighted by Gasteiger charge is 2.50. The zero-order chi connectivity index (χ0) is 10.9. The number of amides is 1. The Morgan fingerprint density at radius 2 is 2.47 bits per heavy atom. The number of ether oxygens (including phenoxy) is 1. The molecule has 0 saturated heterocycles. The van der Waals surface area contributed by atoms with Gasteiger partial charge in [-0.25, -0.2) is 0 Å². The summed E-state index contributed by atoms with van der Waals surface area (Å²) < 4.78 is 6.70. The molecule has 0 spiro atoms. The highest BCUT2D eigenvalue weighted by molar-refractivity contribution is 5.96. The first-order chi connectivity index (χ1) is 7.18. The van der Waals surface area contributed by atoms with E-state index in [0.29, 0.717) is 6.61 Å². The van der Waals surface area contributed by atoms with Gasteiger partial charge in [0, 0.05) is 20.2 Å². The van der Waals surface area contributed by atoms with Crippen LogP contribution in [0.2, 0.25) is 0 Å². The lowest BCUT2D eigenvalue weighted by Gasteiger charge is -2.13. The summed E-state index contributed by atoms with van der Waals surface area (Å²) in [6, 6.07) is 1.78. The molecule has 1 aliphatic rings. The molecule has 1 aromatic rings. The molecular weight excluding hydrogens is 194 g/mol. The van der Waals surface area contributed by atoms with Crippen LogP contribution in [0.1, 0.15) is 12.8 Å². The van der Waals surface area contributed by atoms with Crippen LogP contribution in [0.25, 0.3) is 0 Å². The summed E-state index contributed by atoms with van der Waals surface area (Å²) in [5.41, 5.74) is -0.293. The minimum absolute atomic E-state index is 0.0351. The van der Waals surface area contributed by atoms with E-state index < -0.39 is 0 Å². The molecule has 0 unspecified atom stereocenters. The van der Waals surface area contributed by atoms with Crippen LogP contribution in [-0.4, -0.2) is 29.4 Å². The highest BCUT2D eigenvalue weighted by atomic mass is 16.5. The standard InChI is InChI=1S/C10H15N3O2/c1-13-8(3-6-11-13)12-9(14)10(4-5-10)7-15-2/h3,6H,4-5,7H2,1-2H3,(H,12,14). The molecule has 0 radical (unpaired) electrons. The maximum atomic E-state index is 11.9. The number of anilines is 1. The average molecular weight is 209 g/mol. The normalized spacial score (nSPS) is 17.5. The maximum Gasteiger partial charge on any atom is 0.234 e. The van der Waals surface area contributed by atoms with Crippen LogP contribution in [0, 0.1) is 5.41 Å². The Hall–Kier alpha value is -1.36. The van der Waals surface area contributed by atoms with E-state index in [0.717, 1.165) is 18.7 Å². The second-order valence-electron chi connectivity index (χ2n) is 4.01. The van der Waals surface area contributed by atoms with Crippen LogP contribution in [-0.2, 0) is 16.6 Å². The lowest BCUT2D eigenvalue weighted by Crippen LogP contribution is -2.28. The Balaban J connectivity index is 2.01. The fourth-order valence-corrected chi connectivity index (χ4v) is 1.61. The van der Waals surface area contributed by atoms with Crippen molar-refractivity contribution in [2.45, 2.75) is 12.8 Å². The van der Waals surface area contributed by atoms with Crippen LogP contribution in [0.15, 0.2) is 12.3 Å². The Labute approximate surface area is 88.4 Å². The van der Waals surface area contributed by atoms with Gasteiger partial charge < -0.3 is 10.1 Å². The minimum Gasteiger partial charge on any atom is -0.384 e. The van der Waals surface area contributed by atoms with Gasteiger partial charge in [-0.2, -0.15) is 5.10 Å². The second kappa shape index (κ2) is 3.66. The van der Waals surface area contributed by atoms with Crippen molar-refractivity contribution >= 4 is 11.7 Å². The lowest BCUT2D eigenvalue weighted by atomic mass is 10.1. The summed E-state index contributed by atoms with van der Waals surface area (Å²) >= 11 is 0. The molecule has 5 heteroatoms. The second-order valence-corrected chi connectivity index (χ2v) is 4.01. The first-order valence-electron chi connectivity index (χ1n) is 4.96. The fraction of sp³-hybridized carbons (Fsp3) is 0.600. The van der Waals surface area contributed by atoms with E-state index in [1.54, 1.807) is 31.1 Å². The molecular formula is C10H15N3O2. The Bertz CT molecular complexity index is 368. The van der Waals surface area contributed by atoms with Gasteiger partial charge in [0.25, 0.3) is 0 Å². The van der Waals surface area contributed by atoms with Gasteiger partial charge in [0.2, 0.25) is 5.91 Å². The zero-order valence-electron chi connectivity index (χ0n) is 8.99. The summed E-state index contributed by atoms with van der Waals surface area (Å²) in [5.74, 6) is 0.760. The van der Waals surface area contributed by atoms with E-state index in [-0.39, 0.29) is 11.3 Å². The number of carbonyl (C=O) groups excluding carboxylic acids is 1. The fourth-order valence-electron chi connectivity index (χ4n) is 1.61. The van der Waals surface area contributed by atoms with Gasteiger partial charge in [-0.05, 0) is 12.8 Å². The molecule has 1 fully saturated rings. The molecule has 1 N–H and O–H groups in total. The average Bonchev–Trinajstić information content (AvgIpc) is 2.88. The number of methoxy groups -OCH3 is 1. The third-order valence-corrected chi connectivity index (χ3v) is 2.82. The summed E-state index contributed by atoms with van der Waals surface area (Å²) in [4.78, 5) is 11.9. The number of aryl methyl sites for hydroxylation is 1. The van der Waals surface area contributed by atoms with Crippen LogP contribution in [0.4, 0.5) is 5.82 Å². The minimum atomic E-state index is -0.293. The summed E-state index contributed by atoms with van der Waals surface area (Å²) in [6.07, 6.45) is 3.47. The van der Waals surface area contributed by atoms with Gasteiger partial charge >= 0.3 is 0 Å². The van der Waals surface area contributed by atoms with Crippen molar-refractivity contribution in [2.75, 3.05) is 19.0 Å². The topological polar surface area (TPSA) is 56.1 Å². The number of nitrogens with one attached hydrogen (secondary N) is 1. The number of hydrogen-bond donors (Lipinski definition) is 1. The molecule has 1 saturated carbocycles. The van der Waals surface area contributed by atoms with Crippen LogP contribution >= 0.6 is 0 Å². The van der Waals surface area contributed by atoms with Crippen molar-refractivity contribution in [3.05, 3.63) is 12.3 Å². The SMILES string of the molecule is COCC1(C(=O)Nc2ccnn2C)CC1. The van der Waals surface area contributed by atoms with Crippen LogP contribution in [0.3, 0.4) is 0 Å².